The number of guanidine groups is 1. The minimum Gasteiger partial charge on any atom is -0.361 e. The summed E-state index contributed by atoms with van der Waals surface area (Å²) in [6.45, 7) is 5.64. The van der Waals surface area contributed by atoms with E-state index in [2.05, 4.69) is 80.5 Å². The quantitative estimate of drug-likeness (QED) is 0.220. The smallest absolute Gasteiger partial charge is 0.191 e. The molecule has 0 saturated carbocycles. The topological polar surface area (TPSA) is 69.5 Å². The molecule has 0 fully saturated rings. The maximum Gasteiger partial charge on any atom is 0.191 e. The molecule has 4 aromatic rings. The molecule has 152 valence electrons. The first-order valence-electron chi connectivity index (χ1n) is 9.59. The van der Waals surface area contributed by atoms with Crippen LogP contribution < -0.4 is 10.6 Å². The molecule has 7 heteroatoms. The summed E-state index contributed by atoms with van der Waals surface area (Å²) in [5.74, 6) is 0.782. The number of aromatic amines is 1. The Balaban J connectivity index is 0.00000240. The average molecular weight is 502 g/mol. The predicted molar refractivity (Wildman–Crippen MR) is 130 cm³/mol. The zero-order valence-corrected chi connectivity index (χ0v) is 19.3. The molecule has 0 radical (unpaired) electrons. The molecule has 0 atom stereocenters. The van der Waals surface area contributed by atoms with Crippen LogP contribution in [-0.4, -0.2) is 33.9 Å². The van der Waals surface area contributed by atoms with Crippen molar-refractivity contribution in [3.05, 3.63) is 71.3 Å². The van der Waals surface area contributed by atoms with Crippen molar-refractivity contribution < 1.29 is 0 Å². The Labute approximate surface area is 187 Å². The fourth-order valence-corrected chi connectivity index (χ4v) is 3.50. The molecule has 29 heavy (non-hydrogen) atoms. The molecule has 0 saturated heterocycles. The second-order valence-electron chi connectivity index (χ2n) is 7.09. The highest BCUT2D eigenvalue weighted by Gasteiger charge is 2.06. The number of aliphatic imine (C=N–C) groups is 1. The largest absolute Gasteiger partial charge is 0.361 e. The van der Waals surface area contributed by atoms with Crippen molar-refractivity contribution in [1.29, 1.82) is 0 Å². The normalized spacial score (nSPS) is 11.6. The number of aryl methyl sites for hydroxylation is 2. The number of pyridine rings is 1. The number of fused-ring (bicyclic) bond motifs is 2. The number of hydrogen-bond acceptors (Lipinski definition) is 2. The van der Waals surface area contributed by atoms with Gasteiger partial charge in [-0.05, 0) is 49.6 Å². The molecule has 0 spiro atoms. The van der Waals surface area contributed by atoms with Crippen LogP contribution in [0.15, 0.2) is 53.8 Å². The molecule has 0 bridgehead atoms. The Bertz CT molecular complexity index is 1140. The Kier molecular flexibility index (Phi) is 6.79. The van der Waals surface area contributed by atoms with Crippen molar-refractivity contribution in [2.45, 2.75) is 26.8 Å². The first kappa shape index (κ1) is 21.2. The van der Waals surface area contributed by atoms with E-state index in [0.29, 0.717) is 6.54 Å². The zero-order valence-electron chi connectivity index (χ0n) is 17.0. The number of rotatable bonds is 5. The summed E-state index contributed by atoms with van der Waals surface area (Å²) in [6, 6.07) is 12.7. The lowest BCUT2D eigenvalue weighted by Gasteiger charge is -2.10. The Morgan fingerprint density at radius 1 is 1.17 bits per heavy atom. The Hall–Kier alpha value is -2.55. The highest BCUT2D eigenvalue weighted by Crippen LogP contribution is 2.19. The molecule has 1 aromatic carbocycles. The number of imidazole rings is 1. The molecule has 4 rings (SSSR count). The molecule has 0 unspecified atom stereocenters. The third-order valence-corrected chi connectivity index (χ3v) is 5.02. The van der Waals surface area contributed by atoms with E-state index in [4.69, 9.17) is 0 Å². The minimum atomic E-state index is 0. The van der Waals surface area contributed by atoms with Crippen LogP contribution in [0.2, 0.25) is 0 Å². The lowest BCUT2D eigenvalue weighted by atomic mass is 10.1. The summed E-state index contributed by atoms with van der Waals surface area (Å²) in [5.41, 5.74) is 6.91. The SMILES string of the molecule is CN=C(NCCc1c[nH]c2cc(C)ccc12)NCc1cn2c(C)cccc2n1.I. The van der Waals surface area contributed by atoms with Crippen LogP contribution >= 0.6 is 24.0 Å². The average Bonchev–Trinajstić information content (AvgIpc) is 3.29. The van der Waals surface area contributed by atoms with Gasteiger partial charge in [0.1, 0.15) is 5.65 Å². The second kappa shape index (κ2) is 9.30. The molecule has 0 aliphatic rings. The number of halogens is 1. The van der Waals surface area contributed by atoms with Gasteiger partial charge >= 0.3 is 0 Å². The van der Waals surface area contributed by atoms with Crippen LogP contribution in [0.1, 0.15) is 22.5 Å². The maximum atomic E-state index is 4.66. The molecular weight excluding hydrogens is 475 g/mol. The highest BCUT2D eigenvalue weighted by atomic mass is 127. The first-order chi connectivity index (χ1) is 13.6. The van der Waals surface area contributed by atoms with Crippen molar-refractivity contribution in [2.24, 2.45) is 4.99 Å². The summed E-state index contributed by atoms with van der Waals surface area (Å²) in [6.07, 6.45) is 5.09. The number of aromatic nitrogens is 3. The summed E-state index contributed by atoms with van der Waals surface area (Å²) in [5, 5.41) is 8.02. The van der Waals surface area contributed by atoms with Gasteiger partial charge in [0.15, 0.2) is 5.96 Å². The Morgan fingerprint density at radius 3 is 2.83 bits per heavy atom. The van der Waals surface area contributed by atoms with Gasteiger partial charge in [-0.2, -0.15) is 0 Å². The molecule has 0 amide bonds. The van der Waals surface area contributed by atoms with Gasteiger partial charge in [0.2, 0.25) is 0 Å². The highest BCUT2D eigenvalue weighted by molar-refractivity contribution is 14.0. The van der Waals surface area contributed by atoms with E-state index in [1.54, 1.807) is 7.05 Å². The number of hydrogen-bond donors (Lipinski definition) is 3. The van der Waals surface area contributed by atoms with Crippen LogP contribution in [0.5, 0.6) is 0 Å². The van der Waals surface area contributed by atoms with Gasteiger partial charge in [-0.25, -0.2) is 4.98 Å². The van der Waals surface area contributed by atoms with Crippen molar-refractivity contribution in [3.63, 3.8) is 0 Å². The summed E-state index contributed by atoms with van der Waals surface area (Å²) in [7, 11) is 1.79. The monoisotopic (exact) mass is 502 g/mol. The van der Waals surface area contributed by atoms with Gasteiger partial charge in [-0.15, -0.1) is 24.0 Å². The fourth-order valence-electron chi connectivity index (χ4n) is 3.50. The van der Waals surface area contributed by atoms with E-state index in [1.165, 1.54) is 27.7 Å². The van der Waals surface area contributed by atoms with Crippen LogP contribution in [0.3, 0.4) is 0 Å². The van der Waals surface area contributed by atoms with Crippen molar-refractivity contribution in [2.75, 3.05) is 13.6 Å². The van der Waals surface area contributed by atoms with Crippen molar-refractivity contribution in [1.82, 2.24) is 25.0 Å². The van der Waals surface area contributed by atoms with E-state index in [9.17, 15) is 0 Å². The van der Waals surface area contributed by atoms with Gasteiger partial charge in [0, 0.05) is 42.6 Å². The molecular formula is C22H27IN6. The third-order valence-electron chi connectivity index (χ3n) is 5.02. The van der Waals surface area contributed by atoms with E-state index in [0.717, 1.165) is 30.3 Å². The van der Waals surface area contributed by atoms with Crippen LogP contribution in [0, 0.1) is 13.8 Å². The number of benzene rings is 1. The van der Waals surface area contributed by atoms with E-state index in [-0.39, 0.29) is 24.0 Å². The molecule has 3 aromatic heterocycles. The van der Waals surface area contributed by atoms with Crippen molar-refractivity contribution in [3.8, 4) is 0 Å². The van der Waals surface area contributed by atoms with Gasteiger partial charge in [0.05, 0.1) is 12.2 Å². The van der Waals surface area contributed by atoms with Gasteiger partial charge in [-0.1, -0.05) is 18.2 Å². The summed E-state index contributed by atoms with van der Waals surface area (Å²) >= 11 is 0. The molecule has 0 aliphatic heterocycles. The van der Waals surface area contributed by atoms with Gasteiger partial charge < -0.3 is 20.0 Å². The fraction of sp³-hybridized carbons (Fsp3) is 0.273. The number of H-pyrrole nitrogens is 1. The third kappa shape index (κ3) is 4.72. The van der Waals surface area contributed by atoms with Crippen LogP contribution in [0.4, 0.5) is 0 Å². The second-order valence-corrected chi connectivity index (χ2v) is 7.09. The van der Waals surface area contributed by atoms with Crippen LogP contribution in [0.25, 0.3) is 16.6 Å². The molecule has 6 nitrogen and oxygen atoms in total. The summed E-state index contributed by atoms with van der Waals surface area (Å²) < 4.78 is 2.10. The molecule has 0 aliphatic carbocycles. The maximum absolute atomic E-state index is 4.66. The molecule has 3 heterocycles. The van der Waals surface area contributed by atoms with Crippen molar-refractivity contribution >= 4 is 46.5 Å². The van der Waals surface area contributed by atoms with Crippen LogP contribution in [-0.2, 0) is 13.0 Å². The zero-order chi connectivity index (χ0) is 19.5. The lowest BCUT2D eigenvalue weighted by Crippen LogP contribution is -2.37. The Morgan fingerprint density at radius 2 is 2.03 bits per heavy atom. The predicted octanol–water partition coefficient (Wildman–Crippen LogP) is 3.96. The van der Waals surface area contributed by atoms with E-state index < -0.39 is 0 Å². The standard InChI is InChI=1S/C22H26N6.HI/c1-15-7-8-19-17(12-25-20(19)11-15)9-10-24-22(23-3)26-13-18-14-28-16(2)5-4-6-21(28)27-18;/h4-8,11-12,14,25H,9-10,13H2,1-3H3,(H2,23,24,26);1H. The molecule has 3 N–H and O–H groups in total. The first-order valence-corrected chi connectivity index (χ1v) is 9.59. The van der Waals surface area contributed by atoms with E-state index >= 15 is 0 Å². The van der Waals surface area contributed by atoms with Gasteiger partial charge in [0.25, 0.3) is 0 Å². The summed E-state index contributed by atoms with van der Waals surface area (Å²) in [4.78, 5) is 12.3. The van der Waals surface area contributed by atoms with E-state index in [1.807, 2.05) is 12.1 Å². The number of nitrogens with one attached hydrogen (secondary N) is 3. The lowest BCUT2D eigenvalue weighted by molar-refractivity contribution is 0.788. The minimum absolute atomic E-state index is 0. The number of nitrogens with zero attached hydrogens (tertiary/aromatic N) is 3. The van der Waals surface area contributed by atoms with Gasteiger partial charge in [-0.3, -0.25) is 4.99 Å².